The molecule has 0 aliphatic heterocycles. The van der Waals surface area contributed by atoms with Gasteiger partial charge in [-0.15, -0.1) is 0 Å². The van der Waals surface area contributed by atoms with Gasteiger partial charge in [0.1, 0.15) is 23.2 Å². The fraction of sp³-hybridized carbons (Fsp3) is 0.222. The molecule has 1 aromatic carbocycles. The van der Waals surface area contributed by atoms with Gasteiger partial charge in [0.2, 0.25) is 0 Å². The van der Waals surface area contributed by atoms with Crippen molar-refractivity contribution in [2.45, 2.75) is 12.8 Å². The van der Waals surface area contributed by atoms with E-state index in [4.69, 9.17) is 11.0 Å². The summed E-state index contributed by atoms with van der Waals surface area (Å²) in [6, 6.07) is 6.21. The van der Waals surface area contributed by atoms with Gasteiger partial charge in [0.05, 0.1) is 17.4 Å². The van der Waals surface area contributed by atoms with Gasteiger partial charge in [0.25, 0.3) is 0 Å². The molecule has 1 amide bonds. The standard InChI is InChI=1S/C18H17FN6O2/c1-24-9-22-14-15(24)12(16(21)23-17(14)25(2)18(26)27)5-3-10-4-6-13(19)11(7-10)8-20/h4,6-7,9H,3,5H2,1-2H3,(H2,21,23)(H,26,27). The van der Waals surface area contributed by atoms with Gasteiger partial charge in [-0.25, -0.2) is 19.2 Å². The number of pyridine rings is 1. The van der Waals surface area contributed by atoms with Gasteiger partial charge in [-0.05, 0) is 30.5 Å². The van der Waals surface area contributed by atoms with Crippen LogP contribution in [0.4, 0.5) is 20.8 Å². The highest BCUT2D eigenvalue weighted by molar-refractivity contribution is 5.98. The fourth-order valence-electron chi connectivity index (χ4n) is 2.96. The number of hydrogen-bond donors (Lipinski definition) is 2. The van der Waals surface area contributed by atoms with Crippen molar-refractivity contribution in [2.75, 3.05) is 17.7 Å². The Hall–Kier alpha value is -3.67. The molecule has 138 valence electrons. The highest BCUT2D eigenvalue weighted by Crippen LogP contribution is 2.30. The summed E-state index contributed by atoms with van der Waals surface area (Å²) in [5, 5.41) is 18.2. The maximum atomic E-state index is 13.5. The molecule has 3 rings (SSSR count). The van der Waals surface area contributed by atoms with Crippen molar-refractivity contribution in [3.8, 4) is 6.07 Å². The maximum Gasteiger partial charge on any atom is 0.412 e. The van der Waals surface area contributed by atoms with Gasteiger partial charge in [-0.2, -0.15) is 5.26 Å². The lowest BCUT2D eigenvalue weighted by Crippen LogP contribution is -2.25. The van der Waals surface area contributed by atoms with Gasteiger partial charge in [-0.1, -0.05) is 6.07 Å². The third-order valence-corrected chi connectivity index (χ3v) is 4.39. The summed E-state index contributed by atoms with van der Waals surface area (Å²) in [7, 11) is 3.16. The lowest BCUT2D eigenvalue weighted by molar-refractivity contribution is 0.203. The van der Waals surface area contributed by atoms with Crippen LogP contribution in [0.3, 0.4) is 0 Å². The van der Waals surface area contributed by atoms with Crippen LogP contribution in [-0.4, -0.2) is 32.8 Å². The van der Waals surface area contributed by atoms with Crippen molar-refractivity contribution in [3.05, 3.63) is 47.0 Å². The van der Waals surface area contributed by atoms with E-state index in [1.165, 1.54) is 19.2 Å². The predicted octanol–water partition coefficient (Wildman–Crippen LogP) is 2.46. The molecule has 0 saturated heterocycles. The number of nitrogens with two attached hydrogens (primary N) is 1. The van der Waals surface area contributed by atoms with Crippen LogP contribution in [0.1, 0.15) is 16.7 Å². The van der Waals surface area contributed by atoms with Gasteiger partial charge < -0.3 is 15.4 Å². The molecule has 27 heavy (non-hydrogen) atoms. The number of anilines is 2. The van der Waals surface area contributed by atoms with E-state index < -0.39 is 11.9 Å². The normalized spacial score (nSPS) is 10.7. The van der Waals surface area contributed by atoms with E-state index in [1.807, 2.05) is 6.07 Å². The number of hydrogen-bond acceptors (Lipinski definition) is 5. The first-order valence-electron chi connectivity index (χ1n) is 8.08. The summed E-state index contributed by atoms with van der Waals surface area (Å²) in [6.07, 6.45) is 1.38. The SMILES string of the molecule is CN(C(=O)O)c1nc(N)c(CCc2ccc(F)c(C#N)c2)c2c1ncn2C. The Kier molecular flexibility index (Phi) is 4.64. The Morgan fingerprint density at radius 2 is 2.19 bits per heavy atom. The Morgan fingerprint density at radius 3 is 2.85 bits per heavy atom. The molecule has 9 heteroatoms. The molecule has 0 aliphatic carbocycles. The number of carbonyl (C=O) groups is 1. The molecular formula is C18H17FN6O2. The molecule has 2 aromatic heterocycles. The van der Waals surface area contributed by atoms with E-state index >= 15 is 0 Å². The van der Waals surface area contributed by atoms with E-state index in [-0.39, 0.29) is 17.2 Å². The van der Waals surface area contributed by atoms with E-state index in [0.29, 0.717) is 23.9 Å². The number of nitriles is 1. The summed E-state index contributed by atoms with van der Waals surface area (Å²) in [5.74, 6) is -0.192. The Labute approximate surface area is 154 Å². The Bertz CT molecular complexity index is 1090. The minimum absolute atomic E-state index is 0.0114. The summed E-state index contributed by atoms with van der Waals surface area (Å²) in [6.45, 7) is 0. The third kappa shape index (κ3) is 3.25. The molecule has 0 fully saturated rings. The zero-order chi connectivity index (χ0) is 19.7. The average molecular weight is 368 g/mol. The van der Waals surface area contributed by atoms with Crippen molar-refractivity contribution >= 4 is 28.8 Å². The highest BCUT2D eigenvalue weighted by Gasteiger charge is 2.21. The van der Waals surface area contributed by atoms with Gasteiger partial charge in [0.15, 0.2) is 5.82 Å². The van der Waals surface area contributed by atoms with Crippen LogP contribution in [0.5, 0.6) is 0 Å². The molecule has 2 heterocycles. The first-order chi connectivity index (χ1) is 12.8. The van der Waals surface area contributed by atoms with Crippen LogP contribution >= 0.6 is 0 Å². The van der Waals surface area contributed by atoms with Crippen LogP contribution in [0.2, 0.25) is 0 Å². The second-order valence-corrected chi connectivity index (χ2v) is 6.12. The molecule has 0 unspecified atom stereocenters. The zero-order valence-electron chi connectivity index (χ0n) is 14.8. The molecule has 0 bridgehead atoms. The first-order valence-corrected chi connectivity index (χ1v) is 8.08. The first kappa shape index (κ1) is 18.1. The van der Waals surface area contributed by atoms with E-state index in [1.54, 1.807) is 24.0 Å². The maximum absolute atomic E-state index is 13.5. The molecule has 3 aromatic rings. The van der Waals surface area contributed by atoms with Gasteiger partial charge in [0, 0.05) is 19.7 Å². The predicted molar refractivity (Wildman–Crippen MR) is 97.9 cm³/mol. The monoisotopic (exact) mass is 368 g/mol. The second kappa shape index (κ2) is 6.92. The second-order valence-electron chi connectivity index (χ2n) is 6.12. The summed E-state index contributed by atoms with van der Waals surface area (Å²) < 4.78 is 15.2. The van der Waals surface area contributed by atoms with Crippen molar-refractivity contribution in [2.24, 2.45) is 7.05 Å². The summed E-state index contributed by atoms with van der Waals surface area (Å²) in [4.78, 5) is 20.8. The Balaban J connectivity index is 2.02. The van der Waals surface area contributed by atoms with Crippen LogP contribution in [-0.2, 0) is 19.9 Å². The molecule has 0 atom stereocenters. The lowest BCUT2D eigenvalue weighted by Gasteiger charge is -2.16. The number of aryl methyl sites for hydroxylation is 3. The van der Waals surface area contributed by atoms with Crippen LogP contribution in [0.25, 0.3) is 11.0 Å². The molecule has 8 nitrogen and oxygen atoms in total. The molecular weight excluding hydrogens is 351 g/mol. The number of nitrogens with zero attached hydrogens (tertiary/aromatic N) is 5. The molecule has 0 aliphatic rings. The smallest absolute Gasteiger partial charge is 0.412 e. The number of imidazole rings is 1. The Morgan fingerprint density at radius 1 is 1.44 bits per heavy atom. The molecule has 0 radical (unpaired) electrons. The number of benzene rings is 1. The fourth-order valence-corrected chi connectivity index (χ4v) is 2.96. The number of amides is 1. The number of aromatic nitrogens is 3. The summed E-state index contributed by atoms with van der Waals surface area (Å²) in [5.41, 5.74) is 8.73. The van der Waals surface area contributed by atoms with E-state index in [2.05, 4.69) is 9.97 Å². The van der Waals surface area contributed by atoms with Crippen LogP contribution in [0, 0.1) is 17.1 Å². The minimum Gasteiger partial charge on any atom is -0.465 e. The number of nitrogen functional groups attached to an aromatic ring is 1. The van der Waals surface area contributed by atoms with Gasteiger partial charge in [-0.3, -0.25) is 4.90 Å². The minimum atomic E-state index is -1.17. The molecule has 0 saturated carbocycles. The lowest BCUT2D eigenvalue weighted by atomic mass is 10.0. The van der Waals surface area contributed by atoms with Crippen LogP contribution in [0.15, 0.2) is 24.5 Å². The van der Waals surface area contributed by atoms with Gasteiger partial charge >= 0.3 is 6.09 Å². The van der Waals surface area contributed by atoms with Crippen molar-refractivity contribution in [1.82, 2.24) is 14.5 Å². The third-order valence-electron chi connectivity index (χ3n) is 4.39. The zero-order valence-corrected chi connectivity index (χ0v) is 14.8. The highest BCUT2D eigenvalue weighted by atomic mass is 19.1. The molecule has 3 N–H and O–H groups in total. The van der Waals surface area contributed by atoms with Crippen molar-refractivity contribution in [3.63, 3.8) is 0 Å². The number of rotatable bonds is 4. The van der Waals surface area contributed by atoms with E-state index in [9.17, 15) is 14.3 Å². The number of carboxylic acid groups (broad SMARTS) is 1. The molecule has 0 spiro atoms. The topological polar surface area (TPSA) is 121 Å². The largest absolute Gasteiger partial charge is 0.465 e. The van der Waals surface area contributed by atoms with Crippen molar-refractivity contribution in [1.29, 1.82) is 5.26 Å². The quantitative estimate of drug-likeness (QED) is 0.730. The average Bonchev–Trinajstić information content (AvgIpc) is 3.02. The number of halogens is 1. The summed E-state index contributed by atoms with van der Waals surface area (Å²) >= 11 is 0. The van der Waals surface area contributed by atoms with Crippen LogP contribution < -0.4 is 10.6 Å². The van der Waals surface area contributed by atoms with E-state index in [0.717, 1.165) is 16.0 Å². The number of fused-ring (bicyclic) bond motifs is 1. The van der Waals surface area contributed by atoms with Crippen molar-refractivity contribution < 1.29 is 14.3 Å².